The van der Waals surface area contributed by atoms with Gasteiger partial charge in [-0.3, -0.25) is 4.40 Å². The van der Waals surface area contributed by atoms with Crippen LogP contribution in [0.25, 0.3) is 28.1 Å². The Bertz CT molecular complexity index is 1170. The van der Waals surface area contributed by atoms with Crippen LogP contribution >= 0.6 is 0 Å². The van der Waals surface area contributed by atoms with Crippen molar-refractivity contribution < 1.29 is 0 Å². The number of nitrogens with zero attached hydrogens (tertiary/aromatic N) is 5. The van der Waals surface area contributed by atoms with E-state index in [0.717, 1.165) is 40.4 Å². The molecule has 1 N–H and O–H groups in total. The van der Waals surface area contributed by atoms with Crippen molar-refractivity contribution in [3.8, 4) is 11.4 Å². The van der Waals surface area contributed by atoms with Gasteiger partial charge in [0.25, 0.3) is 0 Å². The molecule has 0 radical (unpaired) electrons. The third-order valence-electron chi connectivity index (χ3n) is 4.54. The average molecular weight is 328 g/mol. The van der Waals surface area contributed by atoms with Crippen LogP contribution in [0.5, 0.6) is 0 Å². The van der Waals surface area contributed by atoms with Gasteiger partial charge in [0.2, 0.25) is 0 Å². The zero-order valence-corrected chi connectivity index (χ0v) is 13.7. The van der Waals surface area contributed by atoms with Gasteiger partial charge in [-0.15, -0.1) is 10.2 Å². The molecule has 6 nitrogen and oxygen atoms in total. The van der Waals surface area contributed by atoms with Crippen molar-refractivity contribution in [3.05, 3.63) is 72.4 Å². The van der Waals surface area contributed by atoms with Gasteiger partial charge in [-0.05, 0) is 30.7 Å². The molecule has 122 valence electrons. The Hall–Kier alpha value is -3.41. The fourth-order valence-corrected chi connectivity index (χ4v) is 3.39. The topological polar surface area (TPSA) is 63.8 Å². The zero-order chi connectivity index (χ0) is 16.8. The van der Waals surface area contributed by atoms with Crippen LogP contribution in [-0.4, -0.2) is 29.1 Å². The van der Waals surface area contributed by atoms with Gasteiger partial charge in [-0.2, -0.15) is 0 Å². The van der Waals surface area contributed by atoms with E-state index in [-0.39, 0.29) is 0 Å². The molecule has 5 aromatic rings. The minimum absolute atomic E-state index is 0.777. The number of hydrogen-bond acceptors (Lipinski definition) is 3. The van der Waals surface area contributed by atoms with E-state index >= 15 is 0 Å². The Labute approximate surface area is 143 Å². The fourth-order valence-electron chi connectivity index (χ4n) is 3.39. The van der Waals surface area contributed by atoms with E-state index in [9.17, 15) is 0 Å². The highest BCUT2D eigenvalue weighted by molar-refractivity contribution is 5.86. The summed E-state index contributed by atoms with van der Waals surface area (Å²) in [6.07, 6.45) is 3.63. The van der Waals surface area contributed by atoms with Gasteiger partial charge >= 0.3 is 0 Å². The van der Waals surface area contributed by atoms with E-state index in [2.05, 4.69) is 65.5 Å². The number of fused-ring (bicyclic) bond motifs is 3. The van der Waals surface area contributed by atoms with Gasteiger partial charge < -0.3 is 9.55 Å². The standard InChI is InChI=1S/C19H16N6/c1-13-22-23-19-8-7-16-18(25(13)19)9-17(15-10-20-12-21-15)24(16)11-14-5-3-2-4-6-14/h2-10,12H,11H2,1H3,(H,20,21). The SMILES string of the molecule is Cc1nnc2ccc3c(cc(-c4c[nH]cn4)n3Cc3ccccc3)n12. The van der Waals surface area contributed by atoms with Crippen molar-refractivity contribution in [2.75, 3.05) is 0 Å². The molecule has 0 bridgehead atoms. The molecule has 0 aliphatic heterocycles. The number of imidazole rings is 1. The summed E-state index contributed by atoms with van der Waals surface area (Å²) in [5, 5.41) is 8.45. The molecule has 4 heterocycles. The molecule has 0 fully saturated rings. The van der Waals surface area contributed by atoms with E-state index in [1.54, 1.807) is 6.33 Å². The molecule has 0 atom stereocenters. The van der Waals surface area contributed by atoms with Crippen LogP contribution in [0.3, 0.4) is 0 Å². The van der Waals surface area contributed by atoms with Crippen molar-refractivity contribution in [1.82, 2.24) is 29.1 Å². The van der Waals surface area contributed by atoms with Crippen molar-refractivity contribution in [3.63, 3.8) is 0 Å². The van der Waals surface area contributed by atoms with E-state index in [1.165, 1.54) is 5.56 Å². The van der Waals surface area contributed by atoms with Crippen LogP contribution in [0, 0.1) is 6.92 Å². The lowest BCUT2D eigenvalue weighted by Crippen LogP contribution is -2.02. The van der Waals surface area contributed by atoms with Crippen LogP contribution in [0.4, 0.5) is 0 Å². The fraction of sp³-hybridized carbons (Fsp3) is 0.105. The molecule has 1 aromatic carbocycles. The van der Waals surface area contributed by atoms with Crippen LogP contribution in [0.2, 0.25) is 0 Å². The van der Waals surface area contributed by atoms with Crippen LogP contribution in [0.1, 0.15) is 11.4 Å². The number of rotatable bonds is 3. The Balaban J connectivity index is 1.82. The molecule has 0 saturated heterocycles. The van der Waals surface area contributed by atoms with Crippen molar-refractivity contribution in [2.45, 2.75) is 13.5 Å². The van der Waals surface area contributed by atoms with Gasteiger partial charge in [0.05, 0.1) is 23.1 Å². The third-order valence-corrected chi connectivity index (χ3v) is 4.54. The molecule has 25 heavy (non-hydrogen) atoms. The molecule has 6 heteroatoms. The van der Waals surface area contributed by atoms with Crippen molar-refractivity contribution in [2.24, 2.45) is 0 Å². The van der Waals surface area contributed by atoms with Gasteiger partial charge in [0, 0.05) is 12.7 Å². The Morgan fingerprint density at radius 1 is 1.00 bits per heavy atom. The van der Waals surface area contributed by atoms with Gasteiger partial charge in [-0.25, -0.2) is 4.98 Å². The Kier molecular flexibility index (Phi) is 2.97. The molecule has 0 saturated carbocycles. The minimum Gasteiger partial charge on any atom is -0.351 e. The lowest BCUT2D eigenvalue weighted by atomic mass is 10.2. The monoisotopic (exact) mass is 328 g/mol. The molecule has 5 rings (SSSR count). The lowest BCUT2D eigenvalue weighted by Gasteiger charge is -2.10. The summed E-state index contributed by atoms with van der Waals surface area (Å²) in [5.41, 5.74) is 6.32. The number of pyridine rings is 1. The number of benzene rings is 1. The van der Waals surface area contributed by atoms with Crippen molar-refractivity contribution >= 4 is 16.7 Å². The average Bonchev–Trinajstić information content (AvgIpc) is 3.35. The summed E-state index contributed by atoms with van der Waals surface area (Å²) < 4.78 is 4.38. The summed E-state index contributed by atoms with van der Waals surface area (Å²) in [4.78, 5) is 7.51. The first kappa shape index (κ1) is 14.0. The van der Waals surface area contributed by atoms with Gasteiger partial charge in [0.15, 0.2) is 5.65 Å². The summed E-state index contributed by atoms with van der Waals surface area (Å²) >= 11 is 0. The molecule has 0 amide bonds. The van der Waals surface area contributed by atoms with E-state index < -0.39 is 0 Å². The summed E-state index contributed by atoms with van der Waals surface area (Å²) in [6.45, 7) is 2.75. The zero-order valence-electron chi connectivity index (χ0n) is 13.7. The summed E-state index contributed by atoms with van der Waals surface area (Å²) in [7, 11) is 0. The second kappa shape index (κ2) is 5.31. The smallest absolute Gasteiger partial charge is 0.161 e. The minimum atomic E-state index is 0.777. The number of nitrogens with one attached hydrogen (secondary N) is 1. The molecule has 0 aliphatic carbocycles. The first-order valence-electron chi connectivity index (χ1n) is 8.18. The number of aromatic nitrogens is 6. The molecule has 0 unspecified atom stereocenters. The first-order chi connectivity index (χ1) is 12.3. The maximum absolute atomic E-state index is 4.46. The maximum Gasteiger partial charge on any atom is 0.161 e. The first-order valence-corrected chi connectivity index (χ1v) is 8.18. The molecule has 0 aliphatic rings. The van der Waals surface area contributed by atoms with Gasteiger partial charge in [-0.1, -0.05) is 30.3 Å². The van der Waals surface area contributed by atoms with Crippen LogP contribution in [-0.2, 0) is 6.54 Å². The highest BCUT2D eigenvalue weighted by atomic mass is 15.2. The number of H-pyrrole nitrogens is 1. The normalized spacial score (nSPS) is 11.6. The molecule has 0 spiro atoms. The molecular weight excluding hydrogens is 312 g/mol. The highest BCUT2D eigenvalue weighted by Gasteiger charge is 2.16. The predicted octanol–water partition coefficient (Wildman–Crippen LogP) is 3.43. The Morgan fingerprint density at radius 3 is 2.68 bits per heavy atom. The quantitative estimate of drug-likeness (QED) is 0.552. The molecular formula is C19H16N6. The van der Waals surface area contributed by atoms with Gasteiger partial charge in [0.1, 0.15) is 11.5 Å². The lowest BCUT2D eigenvalue weighted by molar-refractivity contribution is 0.841. The predicted molar refractivity (Wildman–Crippen MR) is 96.3 cm³/mol. The van der Waals surface area contributed by atoms with Crippen LogP contribution in [0.15, 0.2) is 61.1 Å². The van der Waals surface area contributed by atoms with E-state index in [4.69, 9.17) is 0 Å². The number of aryl methyl sites for hydroxylation is 1. The second-order valence-electron chi connectivity index (χ2n) is 6.10. The van der Waals surface area contributed by atoms with E-state index in [1.807, 2.05) is 25.3 Å². The summed E-state index contributed by atoms with van der Waals surface area (Å²) in [5.74, 6) is 0.881. The number of hydrogen-bond donors (Lipinski definition) is 1. The number of aromatic amines is 1. The Morgan fingerprint density at radius 2 is 1.88 bits per heavy atom. The second-order valence-corrected chi connectivity index (χ2v) is 6.10. The third kappa shape index (κ3) is 2.15. The maximum atomic E-state index is 4.46. The van der Waals surface area contributed by atoms with Crippen LogP contribution < -0.4 is 0 Å². The largest absolute Gasteiger partial charge is 0.351 e. The van der Waals surface area contributed by atoms with Crippen molar-refractivity contribution in [1.29, 1.82) is 0 Å². The highest BCUT2D eigenvalue weighted by Crippen LogP contribution is 2.29. The summed E-state index contributed by atoms with van der Waals surface area (Å²) in [6, 6.07) is 16.7. The molecule has 4 aromatic heterocycles. The van der Waals surface area contributed by atoms with E-state index in [0.29, 0.717) is 0 Å².